The van der Waals surface area contributed by atoms with Gasteiger partial charge in [0, 0.05) is 24.0 Å². The lowest BCUT2D eigenvalue weighted by Crippen LogP contribution is -2.43. The third-order valence-electron chi connectivity index (χ3n) is 5.14. The van der Waals surface area contributed by atoms with Gasteiger partial charge in [0.2, 0.25) is 0 Å². The number of hydrogen-bond donors (Lipinski definition) is 2. The molecule has 6 nitrogen and oxygen atoms in total. The molecule has 0 radical (unpaired) electrons. The second kappa shape index (κ2) is 8.69. The highest BCUT2D eigenvalue weighted by molar-refractivity contribution is 6.02. The smallest absolute Gasteiger partial charge is 0.320 e. The number of anilines is 2. The molecular weight excluding hydrogens is 378 g/mol. The number of para-hydroxylation sites is 1. The van der Waals surface area contributed by atoms with Crippen LogP contribution >= 0.6 is 0 Å². The molecule has 0 aliphatic carbocycles. The fourth-order valence-corrected chi connectivity index (χ4v) is 3.66. The van der Waals surface area contributed by atoms with Gasteiger partial charge in [-0.2, -0.15) is 0 Å². The summed E-state index contributed by atoms with van der Waals surface area (Å²) in [5.74, 6) is 0.476. The van der Waals surface area contributed by atoms with E-state index in [0.717, 1.165) is 23.2 Å². The van der Waals surface area contributed by atoms with Gasteiger partial charge in [0.1, 0.15) is 11.8 Å². The van der Waals surface area contributed by atoms with Crippen molar-refractivity contribution >= 4 is 23.3 Å². The molecule has 6 heteroatoms. The molecule has 1 aliphatic rings. The average Bonchev–Trinajstić information content (AvgIpc) is 3.22. The molecule has 1 atom stereocenters. The molecule has 0 unspecified atom stereocenters. The van der Waals surface area contributed by atoms with Crippen molar-refractivity contribution in [2.45, 2.75) is 12.5 Å². The van der Waals surface area contributed by atoms with Crippen LogP contribution < -0.4 is 20.3 Å². The van der Waals surface area contributed by atoms with Gasteiger partial charge in [0.15, 0.2) is 0 Å². The van der Waals surface area contributed by atoms with Crippen LogP contribution in [-0.4, -0.2) is 25.6 Å². The van der Waals surface area contributed by atoms with E-state index < -0.39 is 12.1 Å². The van der Waals surface area contributed by atoms with Gasteiger partial charge >= 0.3 is 6.03 Å². The van der Waals surface area contributed by atoms with E-state index in [2.05, 4.69) is 10.6 Å². The summed E-state index contributed by atoms with van der Waals surface area (Å²) < 4.78 is 5.19. The van der Waals surface area contributed by atoms with E-state index >= 15 is 0 Å². The lowest BCUT2D eigenvalue weighted by Gasteiger charge is -2.25. The van der Waals surface area contributed by atoms with Crippen molar-refractivity contribution in [3.63, 3.8) is 0 Å². The number of benzene rings is 3. The Hall–Kier alpha value is -3.80. The Kier molecular flexibility index (Phi) is 5.66. The maximum Gasteiger partial charge on any atom is 0.320 e. The first-order chi connectivity index (χ1) is 14.7. The van der Waals surface area contributed by atoms with Gasteiger partial charge in [0.05, 0.1) is 7.11 Å². The Morgan fingerprint density at radius 1 is 0.967 bits per heavy atom. The number of methoxy groups -OCH3 is 1. The highest BCUT2D eigenvalue weighted by Gasteiger charge is 2.32. The highest BCUT2D eigenvalue weighted by atomic mass is 16.5. The number of rotatable bonds is 5. The standard InChI is InChI=1S/C24H23N3O3/c1-30-20-12-7-11-19(16-20)25-24(29)26-22(18-9-3-2-4-10-18)23(28)27-15-14-17-8-5-6-13-21(17)27/h2-13,16,22H,14-15H2,1H3,(H2,25,26,29)/t22-/m0/s1. The van der Waals surface area contributed by atoms with Gasteiger partial charge in [-0.3, -0.25) is 4.79 Å². The van der Waals surface area contributed by atoms with Crippen LogP contribution in [0.2, 0.25) is 0 Å². The average molecular weight is 401 g/mol. The Labute approximate surface area is 175 Å². The quantitative estimate of drug-likeness (QED) is 0.675. The molecule has 3 aromatic rings. The van der Waals surface area contributed by atoms with Crippen LogP contribution in [0.15, 0.2) is 78.9 Å². The minimum atomic E-state index is -0.803. The van der Waals surface area contributed by atoms with Crippen molar-refractivity contribution in [1.82, 2.24) is 5.32 Å². The Morgan fingerprint density at radius 2 is 1.73 bits per heavy atom. The topological polar surface area (TPSA) is 70.7 Å². The molecule has 3 amide bonds. The van der Waals surface area contributed by atoms with Crippen LogP contribution in [0, 0.1) is 0 Å². The van der Waals surface area contributed by atoms with Crippen molar-refractivity contribution in [1.29, 1.82) is 0 Å². The molecule has 30 heavy (non-hydrogen) atoms. The van der Waals surface area contributed by atoms with Gasteiger partial charge in [-0.05, 0) is 35.7 Å². The number of nitrogens with zero attached hydrogens (tertiary/aromatic N) is 1. The summed E-state index contributed by atoms with van der Waals surface area (Å²) in [5.41, 5.74) is 3.35. The first kappa shape index (κ1) is 19.5. The third-order valence-corrected chi connectivity index (χ3v) is 5.14. The number of carbonyl (C=O) groups is 2. The van der Waals surface area contributed by atoms with Gasteiger partial charge in [-0.15, -0.1) is 0 Å². The number of nitrogens with one attached hydrogen (secondary N) is 2. The molecule has 152 valence electrons. The van der Waals surface area contributed by atoms with Gasteiger partial charge < -0.3 is 20.3 Å². The summed E-state index contributed by atoms with van der Waals surface area (Å²) >= 11 is 0. The molecule has 1 heterocycles. The van der Waals surface area contributed by atoms with E-state index in [1.807, 2.05) is 54.6 Å². The maximum absolute atomic E-state index is 13.5. The first-order valence-corrected chi connectivity index (χ1v) is 9.81. The molecule has 0 spiro atoms. The molecule has 1 aliphatic heterocycles. The van der Waals surface area contributed by atoms with Crippen LogP contribution in [-0.2, 0) is 11.2 Å². The zero-order valence-corrected chi connectivity index (χ0v) is 16.7. The summed E-state index contributed by atoms with van der Waals surface area (Å²) in [7, 11) is 1.57. The van der Waals surface area contributed by atoms with Gasteiger partial charge in [-0.25, -0.2) is 4.79 Å². The van der Waals surface area contributed by atoms with E-state index in [4.69, 9.17) is 4.74 Å². The number of fused-ring (bicyclic) bond motifs is 1. The van der Waals surface area contributed by atoms with Gasteiger partial charge in [-0.1, -0.05) is 54.6 Å². The molecular formula is C24H23N3O3. The number of hydrogen-bond acceptors (Lipinski definition) is 3. The zero-order valence-electron chi connectivity index (χ0n) is 16.7. The lowest BCUT2D eigenvalue weighted by atomic mass is 10.1. The molecule has 0 bridgehead atoms. The highest BCUT2D eigenvalue weighted by Crippen LogP contribution is 2.30. The zero-order chi connectivity index (χ0) is 20.9. The third kappa shape index (κ3) is 4.12. The van der Waals surface area contributed by atoms with Crippen molar-refractivity contribution < 1.29 is 14.3 Å². The van der Waals surface area contributed by atoms with Crippen LogP contribution in [0.5, 0.6) is 5.75 Å². The predicted molar refractivity (Wildman–Crippen MR) is 117 cm³/mol. The van der Waals surface area contributed by atoms with Gasteiger partial charge in [0.25, 0.3) is 5.91 Å². The lowest BCUT2D eigenvalue weighted by molar-refractivity contribution is -0.120. The first-order valence-electron chi connectivity index (χ1n) is 9.81. The molecule has 2 N–H and O–H groups in total. The molecule has 0 fully saturated rings. The predicted octanol–water partition coefficient (Wildman–Crippen LogP) is 4.15. The van der Waals surface area contributed by atoms with Crippen molar-refractivity contribution in [3.05, 3.63) is 90.0 Å². The summed E-state index contributed by atoms with van der Waals surface area (Å²) in [5, 5.41) is 5.63. The van der Waals surface area contributed by atoms with E-state index in [-0.39, 0.29) is 5.91 Å². The summed E-state index contributed by atoms with van der Waals surface area (Å²) in [6, 6.07) is 23.0. The van der Waals surface area contributed by atoms with Crippen molar-refractivity contribution in [3.8, 4) is 5.75 Å². The molecule has 0 saturated heterocycles. The Balaban J connectivity index is 1.56. The fourth-order valence-electron chi connectivity index (χ4n) is 3.66. The minimum Gasteiger partial charge on any atom is -0.497 e. The largest absolute Gasteiger partial charge is 0.497 e. The normalized spacial score (nSPS) is 13.3. The van der Waals surface area contributed by atoms with E-state index in [9.17, 15) is 9.59 Å². The van der Waals surface area contributed by atoms with E-state index in [0.29, 0.717) is 18.0 Å². The SMILES string of the molecule is COc1cccc(NC(=O)N[C@H](C(=O)N2CCc3ccccc32)c2ccccc2)c1. The minimum absolute atomic E-state index is 0.160. The summed E-state index contributed by atoms with van der Waals surface area (Å²) in [4.78, 5) is 27.9. The van der Waals surface area contributed by atoms with Crippen LogP contribution in [0.4, 0.5) is 16.2 Å². The second-order valence-corrected chi connectivity index (χ2v) is 7.04. The number of amides is 3. The Bertz CT molecular complexity index is 1050. The molecule has 4 rings (SSSR count). The van der Waals surface area contributed by atoms with Crippen LogP contribution in [0.25, 0.3) is 0 Å². The Morgan fingerprint density at radius 3 is 2.53 bits per heavy atom. The second-order valence-electron chi connectivity index (χ2n) is 7.04. The van der Waals surface area contributed by atoms with E-state index in [1.54, 1.807) is 36.3 Å². The molecule has 3 aromatic carbocycles. The van der Waals surface area contributed by atoms with Crippen molar-refractivity contribution in [2.75, 3.05) is 23.9 Å². The molecule has 0 saturated carbocycles. The number of ether oxygens (including phenoxy) is 1. The monoisotopic (exact) mass is 401 g/mol. The maximum atomic E-state index is 13.5. The van der Waals surface area contributed by atoms with Crippen LogP contribution in [0.3, 0.4) is 0 Å². The summed E-state index contributed by atoms with van der Waals surface area (Å²) in [6.45, 7) is 0.598. The fraction of sp³-hybridized carbons (Fsp3) is 0.167. The van der Waals surface area contributed by atoms with Crippen LogP contribution in [0.1, 0.15) is 17.2 Å². The molecule has 0 aromatic heterocycles. The van der Waals surface area contributed by atoms with Crippen molar-refractivity contribution in [2.24, 2.45) is 0 Å². The number of urea groups is 1. The number of carbonyl (C=O) groups excluding carboxylic acids is 2. The summed E-state index contributed by atoms with van der Waals surface area (Å²) in [6.07, 6.45) is 0.805. The van der Waals surface area contributed by atoms with E-state index in [1.165, 1.54) is 0 Å².